The molecule has 1 aromatic rings. The third-order valence-electron chi connectivity index (χ3n) is 3.72. The van der Waals surface area contributed by atoms with E-state index in [1.54, 1.807) is 0 Å². The molecule has 2 heterocycles. The van der Waals surface area contributed by atoms with E-state index in [-0.39, 0.29) is 5.91 Å². The number of hydrogen-bond donors (Lipinski definition) is 1. The Morgan fingerprint density at radius 3 is 2.79 bits per heavy atom. The first-order chi connectivity index (χ1) is 9.24. The Morgan fingerprint density at radius 2 is 2.00 bits per heavy atom. The molecule has 1 atom stereocenters. The summed E-state index contributed by atoms with van der Waals surface area (Å²) in [5.74, 6) is 0.858. The highest BCUT2D eigenvalue weighted by Crippen LogP contribution is 2.28. The molecule has 102 valence electrons. The van der Waals surface area contributed by atoms with Crippen molar-refractivity contribution in [3.63, 3.8) is 0 Å². The van der Waals surface area contributed by atoms with Gasteiger partial charge in [-0.1, -0.05) is 12.1 Å². The number of carbonyl (C=O) groups is 1. The number of anilines is 1. The molecule has 0 bridgehead atoms. The molecule has 2 aliphatic heterocycles. The second-order valence-electron chi connectivity index (χ2n) is 5.11. The summed E-state index contributed by atoms with van der Waals surface area (Å²) in [6, 6.07) is 7.73. The van der Waals surface area contributed by atoms with Gasteiger partial charge in [-0.15, -0.1) is 0 Å². The average molecular weight is 261 g/mol. The quantitative estimate of drug-likeness (QED) is 0.805. The van der Waals surface area contributed by atoms with Crippen LogP contribution in [0, 0.1) is 0 Å². The van der Waals surface area contributed by atoms with Crippen molar-refractivity contribution in [2.45, 2.75) is 6.10 Å². The van der Waals surface area contributed by atoms with E-state index in [4.69, 9.17) is 4.74 Å². The molecule has 1 saturated heterocycles. The fourth-order valence-corrected chi connectivity index (χ4v) is 2.48. The SMILES string of the molecule is CN1CCN(C(=O)[C@@H]2CNc3ccccc3O2)CC1. The van der Waals surface area contributed by atoms with Crippen LogP contribution in [0.2, 0.25) is 0 Å². The van der Waals surface area contributed by atoms with Crippen molar-refractivity contribution < 1.29 is 9.53 Å². The molecule has 5 heteroatoms. The van der Waals surface area contributed by atoms with Crippen LogP contribution in [0.25, 0.3) is 0 Å². The summed E-state index contributed by atoms with van der Waals surface area (Å²) in [4.78, 5) is 16.6. The maximum atomic E-state index is 12.4. The fourth-order valence-electron chi connectivity index (χ4n) is 2.48. The van der Waals surface area contributed by atoms with Crippen molar-refractivity contribution in [1.82, 2.24) is 9.80 Å². The molecule has 3 rings (SSSR count). The van der Waals surface area contributed by atoms with Crippen LogP contribution in [0.3, 0.4) is 0 Å². The number of nitrogens with one attached hydrogen (secondary N) is 1. The number of likely N-dealkylation sites (N-methyl/N-ethyl adjacent to an activating group) is 1. The number of nitrogens with zero attached hydrogens (tertiary/aromatic N) is 2. The van der Waals surface area contributed by atoms with Gasteiger partial charge in [-0.05, 0) is 19.2 Å². The lowest BCUT2D eigenvalue weighted by atomic mass is 10.2. The molecule has 1 amide bonds. The lowest BCUT2D eigenvalue weighted by Crippen LogP contribution is -2.53. The lowest BCUT2D eigenvalue weighted by Gasteiger charge is -2.36. The molecule has 0 radical (unpaired) electrons. The van der Waals surface area contributed by atoms with Crippen LogP contribution in [0.15, 0.2) is 24.3 Å². The maximum Gasteiger partial charge on any atom is 0.265 e. The van der Waals surface area contributed by atoms with Gasteiger partial charge in [-0.3, -0.25) is 4.79 Å². The van der Waals surface area contributed by atoms with Gasteiger partial charge in [0, 0.05) is 26.2 Å². The van der Waals surface area contributed by atoms with E-state index >= 15 is 0 Å². The van der Waals surface area contributed by atoms with Crippen molar-refractivity contribution in [1.29, 1.82) is 0 Å². The van der Waals surface area contributed by atoms with E-state index < -0.39 is 6.10 Å². The van der Waals surface area contributed by atoms with Gasteiger partial charge in [-0.25, -0.2) is 0 Å². The topological polar surface area (TPSA) is 44.8 Å². The van der Waals surface area contributed by atoms with Crippen LogP contribution in [-0.4, -0.2) is 61.6 Å². The number of benzene rings is 1. The smallest absolute Gasteiger partial charge is 0.265 e. The van der Waals surface area contributed by atoms with Gasteiger partial charge < -0.3 is 19.9 Å². The Hall–Kier alpha value is -1.75. The average Bonchev–Trinajstić information content (AvgIpc) is 2.47. The number of carbonyl (C=O) groups excluding carboxylic acids is 1. The van der Waals surface area contributed by atoms with Crippen LogP contribution in [-0.2, 0) is 4.79 Å². The summed E-state index contributed by atoms with van der Waals surface area (Å²) in [6.07, 6.45) is -0.404. The normalized spacial score (nSPS) is 23.2. The molecular weight excluding hydrogens is 242 g/mol. The van der Waals surface area contributed by atoms with E-state index in [1.807, 2.05) is 29.2 Å². The highest BCUT2D eigenvalue weighted by atomic mass is 16.5. The molecule has 1 fully saturated rings. The van der Waals surface area contributed by atoms with Crippen molar-refractivity contribution in [3.05, 3.63) is 24.3 Å². The third-order valence-corrected chi connectivity index (χ3v) is 3.72. The maximum absolute atomic E-state index is 12.4. The fraction of sp³-hybridized carbons (Fsp3) is 0.500. The van der Waals surface area contributed by atoms with Crippen LogP contribution >= 0.6 is 0 Å². The second-order valence-corrected chi connectivity index (χ2v) is 5.11. The van der Waals surface area contributed by atoms with E-state index in [0.29, 0.717) is 6.54 Å². The number of rotatable bonds is 1. The van der Waals surface area contributed by atoms with Crippen molar-refractivity contribution in [2.75, 3.05) is 45.1 Å². The molecule has 0 spiro atoms. The van der Waals surface area contributed by atoms with Gasteiger partial charge in [0.1, 0.15) is 5.75 Å². The monoisotopic (exact) mass is 261 g/mol. The molecule has 5 nitrogen and oxygen atoms in total. The number of para-hydroxylation sites is 2. The van der Waals surface area contributed by atoms with E-state index in [0.717, 1.165) is 37.6 Å². The van der Waals surface area contributed by atoms with E-state index in [9.17, 15) is 4.79 Å². The molecule has 0 unspecified atom stereocenters. The van der Waals surface area contributed by atoms with Crippen molar-refractivity contribution in [2.24, 2.45) is 0 Å². The summed E-state index contributed by atoms with van der Waals surface area (Å²) < 4.78 is 5.81. The van der Waals surface area contributed by atoms with Gasteiger partial charge >= 0.3 is 0 Å². The Kier molecular flexibility index (Phi) is 3.29. The zero-order valence-corrected chi connectivity index (χ0v) is 11.1. The first kappa shape index (κ1) is 12.3. The summed E-state index contributed by atoms with van der Waals surface area (Å²) in [5, 5.41) is 3.26. The molecular formula is C14H19N3O2. The van der Waals surface area contributed by atoms with Crippen molar-refractivity contribution in [3.8, 4) is 5.75 Å². The van der Waals surface area contributed by atoms with E-state index in [2.05, 4.69) is 17.3 Å². The van der Waals surface area contributed by atoms with Crippen molar-refractivity contribution >= 4 is 11.6 Å². The van der Waals surface area contributed by atoms with Gasteiger partial charge in [0.05, 0.1) is 12.2 Å². The summed E-state index contributed by atoms with van der Waals surface area (Å²) in [6.45, 7) is 3.99. The second kappa shape index (κ2) is 5.09. The first-order valence-corrected chi connectivity index (χ1v) is 6.71. The zero-order chi connectivity index (χ0) is 13.2. The van der Waals surface area contributed by atoms with Crippen LogP contribution in [0.5, 0.6) is 5.75 Å². The van der Waals surface area contributed by atoms with Gasteiger partial charge in [0.15, 0.2) is 6.10 Å². The molecule has 19 heavy (non-hydrogen) atoms. The largest absolute Gasteiger partial charge is 0.477 e. The van der Waals surface area contributed by atoms with Gasteiger partial charge in [0.2, 0.25) is 0 Å². The number of ether oxygens (including phenoxy) is 1. The molecule has 1 N–H and O–H groups in total. The Balaban J connectivity index is 1.66. The third kappa shape index (κ3) is 2.51. The summed E-state index contributed by atoms with van der Waals surface area (Å²) in [5.41, 5.74) is 0.963. The minimum Gasteiger partial charge on any atom is -0.477 e. The molecule has 0 saturated carbocycles. The van der Waals surface area contributed by atoms with Crippen LogP contribution in [0.4, 0.5) is 5.69 Å². The highest BCUT2D eigenvalue weighted by molar-refractivity contribution is 5.83. The van der Waals surface area contributed by atoms with Crippen LogP contribution < -0.4 is 10.1 Å². The minimum absolute atomic E-state index is 0.0927. The molecule has 2 aliphatic rings. The lowest BCUT2D eigenvalue weighted by molar-refractivity contribution is -0.139. The Labute approximate surface area is 113 Å². The Morgan fingerprint density at radius 1 is 1.26 bits per heavy atom. The standard InChI is InChI=1S/C14H19N3O2/c1-16-6-8-17(9-7-16)14(18)13-10-15-11-4-2-3-5-12(11)19-13/h2-5,13,15H,6-10H2,1H3/t13-/m0/s1. The number of hydrogen-bond acceptors (Lipinski definition) is 4. The highest BCUT2D eigenvalue weighted by Gasteiger charge is 2.30. The number of piperazine rings is 1. The molecule has 1 aromatic carbocycles. The zero-order valence-electron chi connectivity index (χ0n) is 11.1. The molecule has 0 aromatic heterocycles. The predicted molar refractivity (Wildman–Crippen MR) is 73.4 cm³/mol. The number of fused-ring (bicyclic) bond motifs is 1. The summed E-state index contributed by atoms with van der Waals surface area (Å²) in [7, 11) is 2.08. The summed E-state index contributed by atoms with van der Waals surface area (Å²) >= 11 is 0. The van der Waals surface area contributed by atoms with Gasteiger partial charge in [-0.2, -0.15) is 0 Å². The van der Waals surface area contributed by atoms with E-state index in [1.165, 1.54) is 0 Å². The minimum atomic E-state index is -0.404. The van der Waals surface area contributed by atoms with Gasteiger partial charge in [0.25, 0.3) is 5.91 Å². The number of amides is 1. The predicted octanol–water partition coefficient (Wildman–Crippen LogP) is 0.633. The Bertz CT molecular complexity index is 470. The van der Waals surface area contributed by atoms with Crippen LogP contribution in [0.1, 0.15) is 0 Å². The molecule has 0 aliphatic carbocycles. The first-order valence-electron chi connectivity index (χ1n) is 6.71.